The number of carbonyl (C=O) groups is 2. The van der Waals surface area contributed by atoms with Gasteiger partial charge in [-0.1, -0.05) is 38.0 Å². The highest BCUT2D eigenvalue weighted by Gasteiger charge is 2.18. The Morgan fingerprint density at radius 1 is 1.06 bits per heavy atom. The topological polar surface area (TPSA) is 96.3 Å². The molecule has 3 aromatic rings. The first-order valence-corrected chi connectivity index (χ1v) is 11.0. The Morgan fingerprint density at radius 3 is 2.53 bits per heavy atom. The molecule has 2 aromatic carbocycles. The summed E-state index contributed by atoms with van der Waals surface area (Å²) in [5.41, 5.74) is 1.59. The summed E-state index contributed by atoms with van der Waals surface area (Å²) in [5.74, 6) is -0.365. The Kier molecular flexibility index (Phi) is 6.49. The van der Waals surface area contributed by atoms with Gasteiger partial charge in [0.1, 0.15) is 0 Å². The second-order valence-electron chi connectivity index (χ2n) is 7.90. The molecule has 1 aliphatic heterocycles. The van der Waals surface area contributed by atoms with E-state index in [4.69, 9.17) is 0 Å². The zero-order chi connectivity index (χ0) is 22.5. The molecule has 0 unspecified atom stereocenters. The van der Waals surface area contributed by atoms with Gasteiger partial charge in [0.2, 0.25) is 5.91 Å². The summed E-state index contributed by atoms with van der Waals surface area (Å²) in [6.45, 7) is 4.26. The molecular weight excluding hydrogens is 406 g/mol. The lowest BCUT2D eigenvalue weighted by molar-refractivity contribution is -0.120. The number of unbranched alkanes of at least 4 members (excludes halogenated alkanes) is 2. The van der Waals surface area contributed by atoms with Crippen molar-refractivity contribution in [3.05, 3.63) is 64.6 Å². The van der Waals surface area contributed by atoms with Crippen LogP contribution in [0.2, 0.25) is 0 Å². The summed E-state index contributed by atoms with van der Waals surface area (Å²) in [6.07, 6.45) is 2.86. The number of amides is 2. The van der Waals surface area contributed by atoms with Crippen molar-refractivity contribution in [1.82, 2.24) is 15.1 Å². The third kappa shape index (κ3) is 4.64. The highest BCUT2D eigenvalue weighted by molar-refractivity contribution is 6.11. The first-order valence-electron chi connectivity index (χ1n) is 11.0. The first-order chi connectivity index (χ1) is 15.6. The highest BCUT2D eigenvalue weighted by Crippen LogP contribution is 2.20. The molecule has 1 saturated heterocycles. The fourth-order valence-corrected chi connectivity index (χ4v) is 3.87. The number of hydrogen-bond donors (Lipinski definition) is 2. The number of hydrogen-bond acceptors (Lipinski definition) is 5. The van der Waals surface area contributed by atoms with Gasteiger partial charge in [0, 0.05) is 36.4 Å². The van der Waals surface area contributed by atoms with Gasteiger partial charge in [-0.3, -0.25) is 14.4 Å². The van der Waals surface area contributed by atoms with Crippen LogP contribution in [0.1, 0.15) is 36.7 Å². The summed E-state index contributed by atoms with van der Waals surface area (Å²) in [4.78, 5) is 39.5. The van der Waals surface area contributed by atoms with Gasteiger partial charge < -0.3 is 15.5 Å². The maximum atomic E-state index is 13.1. The molecule has 0 aliphatic carbocycles. The van der Waals surface area contributed by atoms with E-state index in [-0.39, 0.29) is 23.1 Å². The van der Waals surface area contributed by atoms with Gasteiger partial charge in [0.25, 0.3) is 11.5 Å². The number of rotatable bonds is 7. The van der Waals surface area contributed by atoms with Gasteiger partial charge in [0.15, 0.2) is 5.69 Å². The van der Waals surface area contributed by atoms with Crippen LogP contribution in [0.5, 0.6) is 0 Å². The zero-order valence-corrected chi connectivity index (χ0v) is 18.1. The van der Waals surface area contributed by atoms with Crippen LogP contribution < -0.4 is 21.1 Å². The van der Waals surface area contributed by atoms with Crippen molar-refractivity contribution in [3.8, 4) is 0 Å². The molecule has 0 radical (unpaired) electrons. The molecule has 2 amide bonds. The van der Waals surface area contributed by atoms with Gasteiger partial charge in [-0.05, 0) is 36.8 Å². The van der Waals surface area contributed by atoms with Crippen LogP contribution in [0.4, 0.5) is 11.4 Å². The summed E-state index contributed by atoms with van der Waals surface area (Å²) >= 11 is 0. The molecule has 4 rings (SSSR count). The Morgan fingerprint density at radius 2 is 1.81 bits per heavy atom. The number of nitrogens with one attached hydrogen (secondary N) is 2. The van der Waals surface area contributed by atoms with Crippen LogP contribution in [-0.4, -0.2) is 41.2 Å². The third-order valence-electron chi connectivity index (χ3n) is 5.58. The molecule has 1 aliphatic rings. The smallest absolute Gasteiger partial charge is 0.276 e. The van der Waals surface area contributed by atoms with Crippen LogP contribution in [0.25, 0.3) is 10.8 Å². The number of aromatic nitrogens is 2. The van der Waals surface area contributed by atoms with Gasteiger partial charge in [0.05, 0.1) is 11.9 Å². The number of benzene rings is 2. The number of nitrogens with zero attached hydrogens (tertiary/aromatic N) is 3. The van der Waals surface area contributed by atoms with E-state index < -0.39 is 0 Å². The molecule has 0 bridgehead atoms. The normalized spacial score (nSPS) is 13.8. The fourth-order valence-electron chi connectivity index (χ4n) is 3.87. The van der Waals surface area contributed by atoms with Crippen LogP contribution >= 0.6 is 0 Å². The molecule has 2 heterocycles. The maximum Gasteiger partial charge on any atom is 0.276 e. The van der Waals surface area contributed by atoms with Crippen LogP contribution in [0.15, 0.2) is 53.3 Å². The fraction of sp³-hybridized carbons (Fsp3) is 0.333. The van der Waals surface area contributed by atoms with Crippen molar-refractivity contribution in [2.24, 2.45) is 0 Å². The molecule has 8 nitrogen and oxygen atoms in total. The summed E-state index contributed by atoms with van der Waals surface area (Å²) in [5, 5.41) is 11.1. The van der Waals surface area contributed by atoms with Crippen molar-refractivity contribution >= 4 is 34.0 Å². The van der Waals surface area contributed by atoms with E-state index in [9.17, 15) is 14.4 Å². The summed E-state index contributed by atoms with van der Waals surface area (Å²) in [6, 6.07) is 14.4. The molecule has 0 atom stereocenters. The van der Waals surface area contributed by atoms with Gasteiger partial charge >= 0.3 is 0 Å². The molecule has 1 fully saturated rings. The number of anilines is 2. The average molecular weight is 434 g/mol. The zero-order valence-electron chi connectivity index (χ0n) is 18.1. The molecule has 32 heavy (non-hydrogen) atoms. The Balaban J connectivity index is 1.57. The second-order valence-corrected chi connectivity index (χ2v) is 7.90. The van der Waals surface area contributed by atoms with Crippen LogP contribution in [-0.2, 0) is 11.3 Å². The first kappa shape index (κ1) is 21.5. The Hall–Kier alpha value is -3.68. The largest absolute Gasteiger partial charge is 0.360 e. The van der Waals surface area contributed by atoms with E-state index in [1.54, 1.807) is 36.4 Å². The lowest BCUT2D eigenvalue weighted by atomic mass is 10.1. The molecule has 1 aromatic heterocycles. The molecule has 0 spiro atoms. The van der Waals surface area contributed by atoms with Crippen molar-refractivity contribution in [2.75, 3.05) is 29.9 Å². The van der Waals surface area contributed by atoms with E-state index in [0.29, 0.717) is 36.1 Å². The van der Waals surface area contributed by atoms with E-state index in [0.717, 1.165) is 31.5 Å². The SMILES string of the molecule is CCCCCn1nc(C(=O)Nc2ccc(N3CCNC(=O)C3)cc2)c2ccccc2c1=O. The lowest BCUT2D eigenvalue weighted by Crippen LogP contribution is -2.47. The minimum Gasteiger partial charge on any atom is -0.360 e. The van der Waals surface area contributed by atoms with Crippen molar-refractivity contribution < 1.29 is 9.59 Å². The predicted molar refractivity (Wildman–Crippen MR) is 125 cm³/mol. The van der Waals surface area contributed by atoms with Gasteiger partial charge in [-0.15, -0.1) is 0 Å². The number of fused-ring (bicyclic) bond motifs is 1. The highest BCUT2D eigenvalue weighted by atomic mass is 16.2. The standard InChI is InChI=1S/C24H27N5O3/c1-2-3-6-14-29-24(32)20-8-5-4-7-19(20)22(27-29)23(31)26-17-9-11-18(12-10-17)28-15-13-25-21(30)16-28/h4-5,7-12H,2-3,6,13-16H2,1H3,(H,25,30)(H,26,31). The Labute approximate surface area is 186 Å². The second kappa shape index (κ2) is 9.64. The van der Waals surface area contributed by atoms with Gasteiger partial charge in [-0.25, -0.2) is 4.68 Å². The van der Waals surface area contributed by atoms with Crippen molar-refractivity contribution in [1.29, 1.82) is 0 Å². The van der Waals surface area contributed by atoms with E-state index in [1.807, 2.05) is 17.0 Å². The lowest BCUT2D eigenvalue weighted by Gasteiger charge is -2.28. The Bertz CT molecular complexity index is 1190. The third-order valence-corrected chi connectivity index (χ3v) is 5.58. The summed E-state index contributed by atoms with van der Waals surface area (Å²) < 4.78 is 1.40. The van der Waals surface area contributed by atoms with E-state index >= 15 is 0 Å². The van der Waals surface area contributed by atoms with Crippen molar-refractivity contribution in [2.45, 2.75) is 32.7 Å². The molecule has 2 N–H and O–H groups in total. The molecule has 166 valence electrons. The van der Waals surface area contributed by atoms with Crippen LogP contribution in [0.3, 0.4) is 0 Å². The van der Waals surface area contributed by atoms with Crippen molar-refractivity contribution in [3.63, 3.8) is 0 Å². The summed E-state index contributed by atoms with van der Waals surface area (Å²) in [7, 11) is 0. The maximum absolute atomic E-state index is 13.1. The van der Waals surface area contributed by atoms with E-state index in [1.165, 1.54) is 4.68 Å². The quantitative estimate of drug-likeness (QED) is 0.559. The van der Waals surface area contributed by atoms with Gasteiger partial charge in [-0.2, -0.15) is 5.10 Å². The number of piperazine rings is 1. The number of aryl methyl sites for hydroxylation is 1. The average Bonchev–Trinajstić information content (AvgIpc) is 2.81. The monoisotopic (exact) mass is 433 g/mol. The van der Waals surface area contributed by atoms with Crippen LogP contribution in [0, 0.1) is 0 Å². The number of carbonyl (C=O) groups excluding carboxylic acids is 2. The predicted octanol–water partition coefficient (Wildman–Crippen LogP) is 2.78. The minimum absolute atomic E-state index is 0.000595. The minimum atomic E-state index is -0.365. The molecule has 8 heteroatoms. The molecule has 0 saturated carbocycles. The molecular formula is C24H27N5O3. The van der Waals surface area contributed by atoms with E-state index in [2.05, 4.69) is 22.7 Å².